The summed E-state index contributed by atoms with van der Waals surface area (Å²) in [5, 5.41) is 0. The lowest BCUT2D eigenvalue weighted by Gasteiger charge is -2.25. The van der Waals surface area contributed by atoms with Gasteiger partial charge >= 0.3 is 0 Å². The summed E-state index contributed by atoms with van der Waals surface area (Å²) in [6.07, 6.45) is 3.53. The summed E-state index contributed by atoms with van der Waals surface area (Å²) in [7, 11) is 3.21. The number of rotatable bonds is 4. The number of benzene rings is 1. The highest BCUT2D eigenvalue weighted by molar-refractivity contribution is 5.94. The Kier molecular flexibility index (Phi) is 4.46. The number of likely N-dealkylation sites (tertiary alicyclic amines) is 1. The smallest absolute Gasteiger partial charge is 0.255 e. The maximum absolute atomic E-state index is 12.8. The molecule has 5 nitrogen and oxygen atoms in total. The minimum absolute atomic E-state index is 0.00507. The van der Waals surface area contributed by atoms with E-state index >= 15 is 0 Å². The molecule has 1 aliphatic heterocycles. The second kappa shape index (κ2) is 6.69. The van der Waals surface area contributed by atoms with Crippen molar-refractivity contribution in [2.45, 2.75) is 18.9 Å². The van der Waals surface area contributed by atoms with E-state index in [1.54, 1.807) is 32.5 Å². The summed E-state index contributed by atoms with van der Waals surface area (Å²) in [5.41, 5.74) is 1.69. The van der Waals surface area contributed by atoms with Gasteiger partial charge in [0.15, 0.2) is 0 Å². The fourth-order valence-corrected chi connectivity index (χ4v) is 3.00. The second-order valence-corrected chi connectivity index (χ2v) is 5.52. The van der Waals surface area contributed by atoms with Crippen LogP contribution >= 0.6 is 0 Å². The van der Waals surface area contributed by atoms with E-state index in [1.165, 1.54) is 0 Å². The van der Waals surface area contributed by atoms with Crippen molar-refractivity contribution in [3.8, 4) is 11.6 Å². The Morgan fingerprint density at radius 1 is 1.22 bits per heavy atom. The molecular weight excluding hydrogens is 292 g/mol. The number of carbonyl (C=O) groups excluding carboxylic acids is 1. The Balaban J connectivity index is 1.83. The molecule has 1 amide bonds. The van der Waals surface area contributed by atoms with Crippen molar-refractivity contribution in [2.24, 2.45) is 0 Å². The van der Waals surface area contributed by atoms with Crippen LogP contribution in [0.1, 0.15) is 34.8 Å². The molecule has 23 heavy (non-hydrogen) atoms. The third-order valence-corrected chi connectivity index (χ3v) is 4.18. The first-order valence-corrected chi connectivity index (χ1v) is 7.68. The number of nitrogens with zero attached hydrogens (tertiary/aromatic N) is 2. The van der Waals surface area contributed by atoms with Crippen molar-refractivity contribution in [3.05, 3.63) is 53.7 Å². The molecule has 0 spiro atoms. The first kappa shape index (κ1) is 15.3. The van der Waals surface area contributed by atoms with Gasteiger partial charge in [0, 0.05) is 18.8 Å². The minimum Gasteiger partial charge on any atom is -0.497 e. The summed E-state index contributed by atoms with van der Waals surface area (Å²) >= 11 is 0. The van der Waals surface area contributed by atoms with E-state index in [4.69, 9.17) is 9.47 Å². The van der Waals surface area contributed by atoms with Crippen LogP contribution in [0, 0.1) is 0 Å². The van der Waals surface area contributed by atoms with Crippen molar-refractivity contribution >= 4 is 5.91 Å². The lowest BCUT2D eigenvalue weighted by atomic mass is 10.0. The van der Waals surface area contributed by atoms with Crippen molar-refractivity contribution in [2.75, 3.05) is 20.8 Å². The van der Waals surface area contributed by atoms with Crippen LogP contribution in [0.5, 0.6) is 11.6 Å². The number of hydrogen-bond acceptors (Lipinski definition) is 4. The summed E-state index contributed by atoms with van der Waals surface area (Å²) in [4.78, 5) is 18.8. The summed E-state index contributed by atoms with van der Waals surface area (Å²) in [6, 6.07) is 11.5. The van der Waals surface area contributed by atoms with Crippen LogP contribution in [-0.4, -0.2) is 36.6 Å². The highest BCUT2D eigenvalue weighted by Crippen LogP contribution is 2.34. The van der Waals surface area contributed by atoms with Gasteiger partial charge in [-0.25, -0.2) is 4.98 Å². The number of hydrogen-bond donors (Lipinski definition) is 0. The van der Waals surface area contributed by atoms with Crippen LogP contribution in [0.2, 0.25) is 0 Å². The van der Waals surface area contributed by atoms with Crippen LogP contribution in [0.25, 0.3) is 0 Å². The topological polar surface area (TPSA) is 51.7 Å². The highest BCUT2D eigenvalue weighted by Gasteiger charge is 2.30. The van der Waals surface area contributed by atoms with E-state index in [0.717, 1.165) is 30.7 Å². The van der Waals surface area contributed by atoms with Crippen LogP contribution in [-0.2, 0) is 0 Å². The zero-order valence-corrected chi connectivity index (χ0v) is 13.4. The molecule has 1 aromatic carbocycles. The predicted octanol–water partition coefficient (Wildman–Crippen LogP) is 3.08. The summed E-state index contributed by atoms with van der Waals surface area (Å²) < 4.78 is 10.3. The van der Waals surface area contributed by atoms with Gasteiger partial charge in [-0.15, -0.1) is 0 Å². The standard InChI is InChI=1S/C18H20N2O3/c1-22-15-6-3-5-13(11-15)16-7-4-10-20(16)18(21)14-8-9-17(23-2)19-12-14/h3,5-6,8-9,11-12,16H,4,7,10H2,1-2H3/t16-/m0/s1. The molecule has 0 aliphatic carbocycles. The zero-order chi connectivity index (χ0) is 16.2. The molecule has 0 radical (unpaired) electrons. The Morgan fingerprint density at radius 3 is 2.78 bits per heavy atom. The predicted molar refractivity (Wildman–Crippen MR) is 86.8 cm³/mol. The lowest BCUT2D eigenvalue weighted by molar-refractivity contribution is 0.0735. The molecule has 2 heterocycles. The molecule has 5 heteroatoms. The Labute approximate surface area is 135 Å². The molecule has 120 valence electrons. The van der Waals surface area contributed by atoms with E-state index in [1.807, 2.05) is 29.2 Å². The highest BCUT2D eigenvalue weighted by atomic mass is 16.5. The van der Waals surface area contributed by atoms with Crippen LogP contribution in [0.4, 0.5) is 0 Å². The molecule has 1 fully saturated rings. The minimum atomic E-state index is 0.00507. The number of amides is 1. The van der Waals surface area contributed by atoms with Crippen LogP contribution in [0.3, 0.4) is 0 Å². The van der Waals surface area contributed by atoms with Gasteiger partial charge in [0.25, 0.3) is 5.91 Å². The first-order chi connectivity index (χ1) is 11.2. The first-order valence-electron chi connectivity index (χ1n) is 7.68. The van der Waals surface area contributed by atoms with E-state index in [0.29, 0.717) is 11.4 Å². The molecule has 1 aliphatic rings. The molecule has 2 aromatic rings. The van der Waals surface area contributed by atoms with Crippen molar-refractivity contribution in [1.29, 1.82) is 0 Å². The van der Waals surface area contributed by atoms with Crippen LogP contribution < -0.4 is 9.47 Å². The van der Waals surface area contributed by atoms with Gasteiger partial charge in [-0.3, -0.25) is 4.79 Å². The third kappa shape index (κ3) is 3.13. The number of carbonyl (C=O) groups is 1. The van der Waals surface area contributed by atoms with Crippen molar-refractivity contribution in [1.82, 2.24) is 9.88 Å². The number of pyridine rings is 1. The van der Waals surface area contributed by atoms with E-state index < -0.39 is 0 Å². The maximum atomic E-state index is 12.8. The van der Waals surface area contributed by atoms with E-state index in [2.05, 4.69) is 4.98 Å². The molecule has 1 atom stereocenters. The Hall–Kier alpha value is -2.56. The van der Waals surface area contributed by atoms with Gasteiger partial charge in [-0.2, -0.15) is 0 Å². The fourth-order valence-electron chi connectivity index (χ4n) is 3.00. The Bertz CT molecular complexity index is 685. The van der Waals surface area contributed by atoms with Gasteiger partial charge < -0.3 is 14.4 Å². The van der Waals surface area contributed by atoms with E-state index in [9.17, 15) is 4.79 Å². The third-order valence-electron chi connectivity index (χ3n) is 4.18. The number of methoxy groups -OCH3 is 2. The number of ether oxygens (including phenoxy) is 2. The lowest BCUT2D eigenvalue weighted by Crippen LogP contribution is -2.30. The zero-order valence-electron chi connectivity index (χ0n) is 13.4. The molecule has 0 saturated carbocycles. The molecule has 1 aromatic heterocycles. The monoisotopic (exact) mass is 312 g/mol. The van der Waals surface area contributed by atoms with Gasteiger partial charge in [-0.05, 0) is 36.6 Å². The second-order valence-electron chi connectivity index (χ2n) is 5.52. The average Bonchev–Trinajstić information content (AvgIpc) is 3.11. The SMILES string of the molecule is COc1cccc([C@@H]2CCCN2C(=O)c2ccc(OC)nc2)c1. The molecular formula is C18H20N2O3. The molecule has 3 rings (SSSR count). The largest absolute Gasteiger partial charge is 0.497 e. The quantitative estimate of drug-likeness (QED) is 0.870. The van der Waals surface area contributed by atoms with Crippen molar-refractivity contribution in [3.63, 3.8) is 0 Å². The molecule has 0 N–H and O–H groups in total. The Morgan fingerprint density at radius 2 is 2.09 bits per heavy atom. The molecule has 0 bridgehead atoms. The van der Waals surface area contributed by atoms with E-state index in [-0.39, 0.29) is 11.9 Å². The van der Waals surface area contributed by atoms with Gasteiger partial charge in [0.2, 0.25) is 5.88 Å². The van der Waals surface area contributed by atoms with Gasteiger partial charge in [-0.1, -0.05) is 12.1 Å². The maximum Gasteiger partial charge on any atom is 0.255 e. The van der Waals surface area contributed by atoms with Gasteiger partial charge in [0.05, 0.1) is 25.8 Å². The number of aromatic nitrogens is 1. The summed E-state index contributed by atoms with van der Waals surface area (Å²) in [6.45, 7) is 0.757. The average molecular weight is 312 g/mol. The fraction of sp³-hybridized carbons (Fsp3) is 0.333. The van der Waals surface area contributed by atoms with Crippen LogP contribution in [0.15, 0.2) is 42.6 Å². The molecule has 1 saturated heterocycles. The normalized spacial score (nSPS) is 17.1. The summed E-state index contributed by atoms with van der Waals surface area (Å²) in [5.74, 6) is 1.32. The van der Waals surface area contributed by atoms with Gasteiger partial charge in [0.1, 0.15) is 5.75 Å². The molecule has 0 unspecified atom stereocenters. The van der Waals surface area contributed by atoms with Crippen molar-refractivity contribution < 1.29 is 14.3 Å².